The van der Waals surface area contributed by atoms with Crippen LogP contribution in [-0.2, 0) is 0 Å². The van der Waals surface area contributed by atoms with E-state index in [1.807, 2.05) is 24.3 Å². The number of phenols is 1. The van der Waals surface area contributed by atoms with E-state index in [0.717, 1.165) is 23.4 Å². The van der Waals surface area contributed by atoms with Crippen molar-refractivity contribution in [2.24, 2.45) is 0 Å². The average Bonchev–Trinajstić information content (AvgIpc) is 2.59. The number of hydrogen-bond acceptors (Lipinski definition) is 2. The molecule has 1 N–H and O–H groups in total. The highest BCUT2D eigenvalue weighted by Gasteiger charge is 2.23. The minimum Gasteiger partial charge on any atom is -0.505 e. The minimum atomic E-state index is 0.418. The van der Waals surface area contributed by atoms with Gasteiger partial charge in [0.1, 0.15) is 5.75 Å². The fourth-order valence-corrected chi connectivity index (χ4v) is 3.63. The van der Waals surface area contributed by atoms with Crippen LogP contribution in [0, 0.1) is 0 Å². The van der Waals surface area contributed by atoms with E-state index in [4.69, 9.17) is 0 Å². The standard InChI is InChI=1S/C20H25NO/c1-2-21(17-12-7-4-8-13-17)19-15-9-14-18(20(19)22)16-10-5-3-6-11-16/h3,5-6,9-11,14-15,17,22H,2,4,7-8,12-13H2,1H3. The minimum absolute atomic E-state index is 0.418. The van der Waals surface area contributed by atoms with E-state index < -0.39 is 0 Å². The number of benzene rings is 2. The van der Waals surface area contributed by atoms with Crippen LogP contribution in [0.1, 0.15) is 39.0 Å². The van der Waals surface area contributed by atoms with Gasteiger partial charge in [-0.05, 0) is 31.4 Å². The summed E-state index contributed by atoms with van der Waals surface area (Å²) in [4.78, 5) is 2.39. The van der Waals surface area contributed by atoms with Crippen LogP contribution in [0.25, 0.3) is 11.1 Å². The van der Waals surface area contributed by atoms with Crippen LogP contribution < -0.4 is 4.90 Å². The molecule has 0 bridgehead atoms. The van der Waals surface area contributed by atoms with Crippen LogP contribution in [0.4, 0.5) is 5.69 Å². The molecule has 116 valence electrons. The Morgan fingerprint density at radius 1 is 0.955 bits per heavy atom. The van der Waals surface area contributed by atoms with Crippen molar-refractivity contribution in [3.8, 4) is 16.9 Å². The maximum absolute atomic E-state index is 10.8. The number of para-hydroxylation sites is 1. The molecule has 2 aromatic carbocycles. The van der Waals surface area contributed by atoms with E-state index in [1.165, 1.54) is 32.1 Å². The lowest BCUT2D eigenvalue weighted by atomic mass is 9.93. The van der Waals surface area contributed by atoms with E-state index >= 15 is 0 Å². The third-order valence-electron chi connectivity index (χ3n) is 4.77. The largest absolute Gasteiger partial charge is 0.505 e. The topological polar surface area (TPSA) is 23.5 Å². The maximum Gasteiger partial charge on any atom is 0.146 e. The van der Waals surface area contributed by atoms with E-state index in [2.05, 4.69) is 36.1 Å². The lowest BCUT2D eigenvalue weighted by molar-refractivity contribution is 0.411. The number of aromatic hydroxyl groups is 1. The fourth-order valence-electron chi connectivity index (χ4n) is 3.63. The monoisotopic (exact) mass is 295 g/mol. The predicted octanol–water partition coefficient (Wildman–Crippen LogP) is 5.22. The second kappa shape index (κ2) is 6.87. The van der Waals surface area contributed by atoms with Crippen molar-refractivity contribution >= 4 is 5.69 Å². The first-order valence-electron chi connectivity index (χ1n) is 8.45. The summed E-state index contributed by atoms with van der Waals surface area (Å²) < 4.78 is 0. The van der Waals surface area contributed by atoms with Gasteiger partial charge in [0, 0.05) is 18.2 Å². The zero-order chi connectivity index (χ0) is 15.4. The molecule has 0 aromatic heterocycles. The summed E-state index contributed by atoms with van der Waals surface area (Å²) in [5.74, 6) is 0.418. The number of anilines is 1. The fraction of sp³-hybridized carbons (Fsp3) is 0.400. The van der Waals surface area contributed by atoms with Crippen LogP contribution in [-0.4, -0.2) is 17.7 Å². The molecule has 1 aliphatic carbocycles. The van der Waals surface area contributed by atoms with Crippen LogP contribution in [0.3, 0.4) is 0 Å². The third kappa shape index (κ3) is 2.96. The summed E-state index contributed by atoms with van der Waals surface area (Å²) in [6.07, 6.45) is 6.44. The molecule has 1 fully saturated rings. The van der Waals surface area contributed by atoms with Crippen LogP contribution in [0.15, 0.2) is 48.5 Å². The molecule has 0 heterocycles. The smallest absolute Gasteiger partial charge is 0.146 e. The van der Waals surface area contributed by atoms with Crippen molar-refractivity contribution in [1.29, 1.82) is 0 Å². The Balaban J connectivity index is 1.96. The Kier molecular flexibility index (Phi) is 4.67. The first-order chi connectivity index (χ1) is 10.8. The summed E-state index contributed by atoms with van der Waals surface area (Å²) in [7, 11) is 0. The van der Waals surface area contributed by atoms with Gasteiger partial charge >= 0.3 is 0 Å². The Morgan fingerprint density at radius 2 is 1.68 bits per heavy atom. The zero-order valence-corrected chi connectivity index (χ0v) is 13.3. The molecule has 0 atom stereocenters. The molecule has 2 heteroatoms. The summed E-state index contributed by atoms with van der Waals surface area (Å²) in [5.41, 5.74) is 2.98. The first kappa shape index (κ1) is 15.0. The third-order valence-corrected chi connectivity index (χ3v) is 4.77. The van der Waals surface area contributed by atoms with Crippen molar-refractivity contribution < 1.29 is 5.11 Å². The molecular weight excluding hydrogens is 270 g/mol. The Morgan fingerprint density at radius 3 is 2.36 bits per heavy atom. The Bertz CT molecular complexity index is 602. The van der Waals surface area contributed by atoms with Gasteiger partial charge in [-0.1, -0.05) is 61.7 Å². The highest BCUT2D eigenvalue weighted by Crippen LogP contribution is 2.39. The normalized spacial score (nSPS) is 15.7. The van der Waals surface area contributed by atoms with Crippen LogP contribution in [0.5, 0.6) is 5.75 Å². The van der Waals surface area contributed by atoms with E-state index in [0.29, 0.717) is 11.8 Å². The number of hydrogen-bond donors (Lipinski definition) is 1. The van der Waals surface area contributed by atoms with Crippen molar-refractivity contribution in [3.63, 3.8) is 0 Å². The molecule has 3 rings (SSSR count). The highest BCUT2D eigenvalue weighted by atomic mass is 16.3. The van der Waals surface area contributed by atoms with E-state index in [9.17, 15) is 5.11 Å². The molecule has 2 aromatic rings. The molecule has 22 heavy (non-hydrogen) atoms. The average molecular weight is 295 g/mol. The Labute approximate surface area is 133 Å². The molecule has 1 aliphatic rings. The molecule has 0 unspecified atom stereocenters. The van der Waals surface area contributed by atoms with Crippen molar-refractivity contribution in [2.45, 2.75) is 45.1 Å². The first-order valence-corrected chi connectivity index (χ1v) is 8.45. The number of rotatable bonds is 4. The molecular formula is C20H25NO. The summed E-state index contributed by atoms with van der Waals surface area (Å²) in [5, 5.41) is 10.8. The SMILES string of the molecule is CCN(c1cccc(-c2ccccc2)c1O)C1CCCCC1. The lowest BCUT2D eigenvalue weighted by Gasteiger charge is -2.36. The van der Waals surface area contributed by atoms with Gasteiger partial charge < -0.3 is 10.0 Å². The summed E-state index contributed by atoms with van der Waals surface area (Å²) in [6, 6.07) is 16.8. The van der Waals surface area contributed by atoms with Crippen LogP contribution in [0.2, 0.25) is 0 Å². The molecule has 1 saturated carbocycles. The van der Waals surface area contributed by atoms with E-state index in [-0.39, 0.29) is 0 Å². The lowest BCUT2D eigenvalue weighted by Crippen LogP contribution is -2.36. The maximum atomic E-state index is 10.8. The van der Waals surface area contributed by atoms with Gasteiger partial charge in [0.15, 0.2) is 0 Å². The zero-order valence-electron chi connectivity index (χ0n) is 13.3. The van der Waals surface area contributed by atoms with Crippen molar-refractivity contribution in [2.75, 3.05) is 11.4 Å². The van der Waals surface area contributed by atoms with Gasteiger partial charge in [0.2, 0.25) is 0 Å². The Hall–Kier alpha value is -1.96. The molecule has 0 saturated heterocycles. The number of nitrogens with zero attached hydrogens (tertiary/aromatic N) is 1. The molecule has 0 radical (unpaired) electrons. The second-order valence-corrected chi connectivity index (χ2v) is 6.12. The second-order valence-electron chi connectivity index (χ2n) is 6.12. The van der Waals surface area contributed by atoms with Crippen molar-refractivity contribution in [3.05, 3.63) is 48.5 Å². The number of phenolic OH excluding ortho intramolecular Hbond substituents is 1. The van der Waals surface area contributed by atoms with Gasteiger partial charge in [-0.25, -0.2) is 0 Å². The summed E-state index contributed by atoms with van der Waals surface area (Å²) >= 11 is 0. The molecule has 0 aliphatic heterocycles. The molecule has 0 amide bonds. The van der Waals surface area contributed by atoms with Gasteiger partial charge in [-0.15, -0.1) is 0 Å². The van der Waals surface area contributed by atoms with E-state index in [1.54, 1.807) is 0 Å². The quantitative estimate of drug-likeness (QED) is 0.836. The van der Waals surface area contributed by atoms with Gasteiger partial charge in [-0.2, -0.15) is 0 Å². The highest BCUT2D eigenvalue weighted by molar-refractivity contribution is 5.78. The van der Waals surface area contributed by atoms with Crippen LogP contribution >= 0.6 is 0 Å². The van der Waals surface area contributed by atoms with Gasteiger partial charge in [-0.3, -0.25) is 0 Å². The molecule has 2 nitrogen and oxygen atoms in total. The predicted molar refractivity (Wildman–Crippen MR) is 93.4 cm³/mol. The van der Waals surface area contributed by atoms with Gasteiger partial charge in [0.05, 0.1) is 5.69 Å². The van der Waals surface area contributed by atoms with Gasteiger partial charge in [0.25, 0.3) is 0 Å². The van der Waals surface area contributed by atoms with Crippen molar-refractivity contribution in [1.82, 2.24) is 0 Å². The summed E-state index contributed by atoms with van der Waals surface area (Å²) in [6.45, 7) is 3.12. The molecule has 0 spiro atoms.